The van der Waals surface area contributed by atoms with Gasteiger partial charge in [-0.3, -0.25) is 14.5 Å². The Hall–Kier alpha value is -2.17. The van der Waals surface area contributed by atoms with Crippen molar-refractivity contribution in [3.8, 4) is 0 Å². The standard InChI is InChI=1S/C20H28N4O/c1-16-12-17(2)24(22-16)11-5-8-20(25)23-10-4-7-19(15-23)13-18-6-3-9-21-14-18/h3,6,9,12,14,19H,4-5,7-8,10-11,13,15H2,1-2H3. The number of carbonyl (C=O) groups excluding carboxylic acids is 1. The van der Waals surface area contributed by atoms with Crippen LogP contribution in [0.3, 0.4) is 0 Å². The van der Waals surface area contributed by atoms with Crippen LogP contribution in [0.15, 0.2) is 30.6 Å². The van der Waals surface area contributed by atoms with E-state index in [9.17, 15) is 4.79 Å². The van der Waals surface area contributed by atoms with E-state index in [2.05, 4.69) is 34.0 Å². The normalized spacial score (nSPS) is 17.7. The molecule has 5 nitrogen and oxygen atoms in total. The fourth-order valence-corrected chi connectivity index (χ4v) is 3.75. The highest BCUT2D eigenvalue weighted by Crippen LogP contribution is 2.21. The Morgan fingerprint density at radius 3 is 2.96 bits per heavy atom. The molecule has 2 aromatic heterocycles. The molecule has 0 bridgehead atoms. The molecule has 2 aromatic rings. The number of hydrogen-bond acceptors (Lipinski definition) is 3. The molecule has 3 rings (SSSR count). The molecule has 1 aliphatic rings. The highest BCUT2D eigenvalue weighted by molar-refractivity contribution is 5.76. The maximum absolute atomic E-state index is 12.6. The lowest BCUT2D eigenvalue weighted by Gasteiger charge is -2.33. The number of amides is 1. The van der Waals surface area contributed by atoms with Gasteiger partial charge in [-0.25, -0.2) is 0 Å². The van der Waals surface area contributed by atoms with Crippen molar-refractivity contribution in [2.24, 2.45) is 5.92 Å². The summed E-state index contributed by atoms with van der Waals surface area (Å²) in [6, 6.07) is 6.19. The number of piperidine rings is 1. The van der Waals surface area contributed by atoms with Gasteiger partial charge in [-0.2, -0.15) is 5.10 Å². The molecule has 3 heterocycles. The highest BCUT2D eigenvalue weighted by atomic mass is 16.2. The minimum Gasteiger partial charge on any atom is -0.342 e. The Morgan fingerprint density at radius 2 is 2.24 bits per heavy atom. The number of aromatic nitrogens is 3. The summed E-state index contributed by atoms with van der Waals surface area (Å²) in [6.07, 6.45) is 8.53. The van der Waals surface area contributed by atoms with Gasteiger partial charge in [-0.15, -0.1) is 0 Å². The van der Waals surface area contributed by atoms with Gasteiger partial charge in [-0.1, -0.05) is 6.07 Å². The molecular weight excluding hydrogens is 312 g/mol. The average Bonchev–Trinajstić information content (AvgIpc) is 2.93. The quantitative estimate of drug-likeness (QED) is 0.812. The first-order valence-corrected chi connectivity index (χ1v) is 9.29. The summed E-state index contributed by atoms with van der Waals surface area (Å²) in [6.45, 7) is 6.68. The number of pyridine rings is 1. The monoisotopic (exact) mass is 340 g/mol. The third kappa shape index (κ3) is 4.91. The second kappa shape index (κ2) is 8.28. The van der Waals surface area contributed by atoms with Crippen LogP contribution in [0.25, 0.3) is 0 Å². The van der Waals surface area contributed by atoms with Gasteiger partial charge < -0.3 is 4.90 Å². The summed E-state index contributed by atoms with van der Waals surface area (Å²) in [4.78, 5) is 18.8. The van der Waals surface area contributed by atoms with Crippen molar-refractivity contribution in [1.29, 1.82) is 0 Å². The SMILES string of the molecule is Cc1cc(C)n(CCCC(=O)N2CCCC(Cc3cccnc3)C2)n1. The van der Waals surface area contributed by atoms with Crippen LogP contribution in [0.2, 0.25) is 0 Å². The summed E-state index contributed by atoms with van der Waals surface area (Å²) in [5, 5.41) is 4.46. The van der Waals surface area contributed by atoms with E-state index in [4.69, 9.17) is 0 Å². The zero-order valence-corrected chi connectivity index (χ0v) is 15.3. The van der Waals surface area contributed by atoms with E-state index in [1.54, 1.807) is 0 Å². The Labute approximate surface area is 150 Å². The van der Waals surface area contributed by atoms with Crippen molar-refractivity contribution in [2.75, 3.05) is 13.1 Å². The molecule has 1 atom stereocenters. The number of likely N-dealkylation sites (tertiary alicyclic amines) is 1. The molecular formula is C20H28N4O. The predicted octanol–water partition coefficient (Wildman–Crippen LogP) is 3.16. The Morgan fingerprint density at radius 1 is 1.36 bits per heavy atom. The van der Waals surface area contributed by atoms with E-state index in [1.807, 2.05) is 30.1 Å². The number of hydrogen-bond donors (Lipinski definition) is 0. The van der Waals surface area contributed by atoms with Gasteiger partial charge in [0.05, 0.1) is 5.69 Å². The molecule has 1 fully saturated rings. The number of aryl methyl sites for hydroxylation is 3. The number of carbonyl (C=O) groups is 1. The lowest BCUT2D eigenvalue weighted by Crippen LogP contribution is -2.40. The molecule has 1 saturated heterocycles. The van der Waals surface area contributed by atoms with E-state index in [0.29, 0.717) is 12.3 Å². The summed E-state index contributed by atoms with van der Waals surface area (Å²) < 4.78 is 2.00. The first kappa shape index (κ1) is 17.6. The second-order valence-electron chi connectivity index (χ2n) is 7.17. The Bertz CT molecular complexity index is 695. The summed E-state index contributed by atoms with van der Waals surface area (Å²) in [5.41, 5.74) is 3.48. The van der Waals surface area contributed by atoms with Crippen molar-refractivity contribution < 1.29 is 4.79 Å². The molecule has 1 aliphatic heterocycles. The minimum atomic E-state index is 0.289. The van der Waals surface area contributed by atoms with E-state index >= 15 is 0 Å². The predicted molar refractivity (Wildman–Crippen MR) is 98.2 cm³/mol. The smallest absolute Gasteiger partial charge is 0.222 e. The first-order valence-electron chi connectivity index (χ1n) is 9.29. The van der Waals surface area contributed by atoms with Gasteiger partial charge in [-0.05, 0) is 63.1 Å². The molecule has 0 saturated carbocycles. The molecule has 1 amide bonds. The summed E-state index contributed by atoms with van der Waals surface area (Å²) in [7, 11) is 0. The van der Waals surface area contributed by atoms with Gasteiger partial charge in [0.15, 0.2) is 0 Å². The van der Waals surface area contributed by atoms with Crippen molar-refractivity contribution in [3.05, 3.63) is 47.5 Å². The second-order valence-corrected chi connectivity index (χ2v) is 7.17. The van der Waals surface area contributed by atoms with Crippen molar-refractivity contribution in [2.45, 2.75) is 52.5 Å². The van der Waals surface area contributed by atoms with Gasteiger partial charge in [0.1, 0.15) is 0 Å². The van der Waals surface area contributed by atoms with Crippen molar-refractivity contribution >= 4 is 5.91 Å². The third-order valence-electron chi connectivity index (χ3n) is 4.98. The fraction of sp³-hybridized carbons (Fsp3) is 0.550. The Kier molecular flexibility index (Phi) is 5.84. The maximum atomic E-state index is 12.6. The van der Waals surface area contributed by atoms with E-state index in [0.717, 1.165) is 44.6 Å². The van der Waals surface area contributed by atoms with Gasteiger partial charge in [0, 0.05) is 44.1 Å². The molecule has 0 aliphatic carbocycles. The fourth-order valence-electron chi connectivity index (χ4n) is 3.75. The van der Waals surface area contributed by atoms with Gasteiger partial charge in [0.2, 0.25) is 5.91 Å². The van der Waals surface area contributed by atoms with E-state index < -0.39 is 0 Å². The molecule has 134 valence electrons. The molecule has 0 N–H and O–H groups in total. The van der Waals surface area contributed by atoms with Crippen LogP contribution in [-0.2, 0) is 17.8 Å². The van der Waals surface area contributed by atoms with Crippen LogP contribution in [-0.4, -0.2) is 38.7 Å². The van der Waals surface area contributed by atoms with E-state index in [-0.39, 0.29) is 5.91 Å². The molecule has 5 heteroatoms. The van der Waals surface area contributed by atoms with Crippen LogP contribution >= 0.6 is 0 Å². The number of nitrogens with zero attached hydrogens (tertiary/aromatic N) is 4. The van der Waals surface area contributed by atoms with Gasteiger partial charge in [0.25, 0.3) is 0 Å². The molecule has 0 aromatic carbocycles. The summed E-state index contributed by atoms with van der Waals surface area (Å²) in [5.74, 6) is 0.843. The van der Waals surface area contributed by atoms with Crippen molar-refractivity contribution in [1.82, 2.24) is 19.7 Å². The number of rotatable bonds is 6. The zero-order valence-electron chi connectivity index (χ0n) is 15.3. The lowest BCUT2D eigenvalue weighted by molar-refractivity contribution is -0.133. The van der Waals surface area contributed by atoms with Crippen LogP contribution in [0.4, 0.5) is 0 Å². The van der Waals surface area contributed by atoms with Crippen molar-refractivity contribution in [3.63, 3.8) is 0 Å². The lowest BCUT2D eigenvalue weighted by atomic mass is 9.91. The third-order valence-corrected chi connectivity index (χ3v) is 4.98. The molecule has 0 radical (unpaired) electrons. The minimum absolute atomic E-state index is 0.289. The maximum Gasteiger partial charge on any atom is 0.222 e. The molecule has 0 spiro atoms. The van der Waals surface area contributed by atoms with Crippen LogP contribution in [0.1, 0.15) is 42.6 Å². The van der Waals surface area contributed by atoms with Crippen LogP contribution < -0.4 is 0 Å². The molecule has 25 heavy (non-hydrogen) atoms. The van der Waals surface area contributed by atoms with Crippen LogP contribution in [0.5, 0.6) is 0 Å². The van der Waals surface area contributed by atoms with E-state index in [1.165, 1.54) is 17.7 Å². The summed E-state index contributed by atoms with van der Waals surface area (Å²) >= 11 is 0. The molecule has 1 unspecified atom stereocenters. The van der Waals surface area contributed by atoms with Crippen LogP contribution in [0, 0.1) is 19.8 Å². The topological polar surface area (TPSA) is 51.0 Å². The Balaban J connectivity index is 1.46. The average molecular weight is 340 g/mol. The first-order chi connectivity index (χ1) is 12.1. The van der Waals surface area contributed by atoms with Gasteiger partial charge >= 0.3 is 0 Å². The zero-order chi connectivity index (χ0) is 17.6. The largest absolute Gasteiger partial charge is 0.342 e. The highest BCUT2D eigenvalue weighted by Gasteiger charge is 2.23.